The highest BCUT2D eigenvalue weighted by molar-refractivity contribution is 7.89. The molecule has 4 rings (SSSR count). The molecular weight excluding hydrogens is 356 g/mol. The Morgan fingerprint density at radius 1 is 1.08 bits per heavy atom. The molecule has 1 unspecified atom stereocenters. The highest BCUT2D eigenvalue weighted by Gasteiger charge is 2.35. The molecule has 0 aliphatic carbocycles. The van der Waals surface area contributed by atoms with Crippen LogP contribution in [-0.4, -0.2) is 37.6 Å². The number of rotatable bonds is 3. The van der Waals surface area contributed by atoms with E-state index in [2.05, 4.69) is 5.16 Å². The molecule has 140 valence electrons. The number of hydrogen-bond acceptors (Lipinski definition) is 6. The van der Waals surface area contributed by atoms with Gasteiger partial charge in [-0.15, -0.1) is 0 Å². The Bertz CT molecular complexity index is 893. The first-order valence-corrected chi connectivity index (χ1v) is 10.3. The first-order valence-electron chi connectivity index (χ1n) is 8.90. The van der Waals surface area contributed by atoms with E-state index in [1.807, 2.05) is 13.0 Å². The van der Waals surface area contributed by atoms with E-state index >= 15 is 0 Å². The van der Waals surface area contributed by atoms with Crippen molar-refractivity contribution in [3.63, 3.8) is 0 Å². The van der Waals surface area contributed by atoms with Crippen molar-refractivity contribution in [1.29, 1.82) is 0 Å². The SMILES string of the molecule is Cc1cc(C2CCCCCN2S(=O)(=O)c2ccc3c(c2)OCCO3)no1. The molecule has 1 saturated heterocycles. The number of sulfonamides is 1. The molecule has 1 aromatic heterocycles. The average Bonchev–Trinajstić information content (AvgIpc) is 2.92. The zero-order chi connectivity index (χ0) is 18.1. The van der Waals surface area contributed by atoms with Gasteiger partial charge >= 0.3 is 0 Å². The largest absolute Gasteiger partial charge is 0.486 e. The lowest BCUT2D eigenvalue weighted by Crippen LogP contribution is -2.35. The van der Waals surface area contributed by atoms with Gasteiger partial charge in [0.05, 0.1) is 10.9 Å². The molecule has 3 heterocycles. The minimum Gasteiger partial charge on any atom is -0.486 e. The van der Waals surface area contributed by atoms with Crippen molar-refractivity contribution in [2.75, 3.05) is 19.8 Å². The Hall–Kier alpha value is -2.06. The monoisotopic (exact) mass is 378 g/mol. The van der Waals surface area contributed by atoms with E-state index in [-0.39, 0.29) is 10.9 Å². The van der Waals surface area contributed by atoms with E-state index in [0.717, 1.165) is 25.7 Å². The quantitative estimate of drug-likeness (QED) is 0.816. The van der Waals surface area contributed by atoms with Crippen LogP contribution in [0.1, 0.15) is 43.2 Å². The maximum atomic E-state index is 13.4. The Labute approximate surface area is 152 Å². The first-order chi connectivity index (χ1) is 12.6. The summed E-state index contributed by atoms with van der Waals surface area (Å²) in [6, 6.07) is 6.31. The van der Waals surface area contributed by atoms with Crippen molar-refractivity contribution in [2.24, 2.45) is 0 Å². The van der Waals surface area contributed by atoms with E-state index in [9.17, 15) is 8.42 Å². The smallest absolute Gasteiger partial charge is 0.243 e. The van der Waals surface area contributed by atoms with Crippen molar-refractivity contribution < 1.29 is 22.4 Å². The number of ether oxygens (including phenoxy) is 2. The summed E-state index contributed by atoms with van der Waals surface area (Å²) in [6.07, 6.45) is 3.52. The molecule has 0 amide bonds. The van der Waals surface area contributed by atoms with Crippen LogP contribution in [0.4, 0.5) is 0 Å². The van der Waals surface area contributed by atoms with E-state index in [4.69, 9.17) is 14.0 Å². The summed E-state index contributed by atoms with van der Waals surface area (Å²) in [6.45, 7) is 3.17. The molecule has 0 bridgehead atoms. The zero-order valence-corrected chi connectivity index (χ0v) is 15.5. The normalized spacial score (nSPS) is 21.3. The maximum Gasteiger partial charge on any atom is 0.243 e. The Balaban J connectivity index is 1.72. The van der Waals surface area contributed by atoms with Crippen LogP contribution in [-0.2, 0) is 10.0 Å². The maximum absolute atomic E-state index is 13.4. The lowest BCUT2D eigenvalue weighted by atomic mass is 10.1. The molecule has 1 fully saturated rings. The number of hydrogen-bond donors (Lipinski definition) is 0. The molecule has 8 heteroatoms. The van der Waals surface area contributed by atoms with Crippen LogP contribution in [0.3, 0.4) is 0 Å². The zero-order valence-electron chi connectivity index (χ0n) is 14.7. The molecule has 0 spiro atoms. The van der Waals surface area contributed by atoms with Gasteiger partial charge in [0.1, 0.15) is 24.7 Å². The Morgan fingerprint density at radius 3 is 2.65 bits per heavy atom. The van der Waals surface area contributed by atoms with Gasteiger partial charge in [-0.2, -0.15) is 4.31 Å². The van der Waals surface area contributed by atoms with Crippen LogP contribution in [0.2, 0.25) is 0 Å². The molecule has 26 heavy (non-hydrogen) atoms. The van der Waals surface area contributed by atoms with E-state index in [0.29, 0.717) is 42.7 Å². The van der Waals surface area contributed by atoms with Gasteiger partial charge in [0, 0.05) is 18.7 Å². The third-order valence-corrected chi connectivity index (χ3v) is 6.72. The van der Waals surface area contributed by atoms with Crippen LogP contribution in [0, 0.1) is 6.92 Å². The molecule has 0 N–H and O–H groups in total. The third-order valence-electron chi connectivity index (χ3n) is 4.81. The predicted octanol–water partition coefficient (Wildman–Crippen LogP) is 3.06. The molecule has 1 atom stereocenters. The molecule has 0 saturated carbocycles. The minimum absolute atomic E-state index is 0.217. The fourth-order valence-corrected chi connectivity index (χ4v) is 5.21. The molecule has 2 aliphatic rings. The lowest BCUT2D eigenvalue weighted by Gasteiger charge is -2.28. The number of benzene rings is 1. The van der Waals surface area contributed by atoms with Crippen molar-refractivity contribution in [1.82, 2.24) is 9.46 Å². The number of aromatic nitrogens is 1. The number of aryl methyl sites for hydroxylation is 1. The predicted molar refractivity (Wildman–Crippen MR) is 93.8 cm³/mol. The third kappa shape index (κ3) is 3.19. The lowest BCUT2D eigenvalue weighted by molar-refractivity contribution is 0.171. The second kappa shape index (κ2) is 6.92. The van der Waals surface area contributed by atoms with E-state index in [1.165, 1.54) is 0 Å². The van der Waals surface area contributed by atoms with Gasteiger partial charge in [0.25, 0.3) is 0 Å². The van der Waals surface area contributed by atoms with Crippen molar-refractivity contribution in [3.8, 4) is 11.5 Å². The molecule has 0 radical (unpaired) electrons. The standard InChI is InChI=1S/C18H22N2O5S/c1-13-11-15(19-25-13)16-5-3-2-4-8-20(16)26(21,22)14-6-7-17-18(12-14)24-10-9-23-17/h6-7,11-12,16H,2-5,8-10H2,1H3. The summed E-state index contributed by atoms with van der Waals surface area (Å²) in [5.74, 6) is 1.73. The highest BCUT2D eigenvalue weighted by Crippen LogP contribution is 2.37. The summed E-state index contributed by atoms with van der Waals surface area (Å²) in [4.78, 5) is 0.217. The second-order valence-corrected chi connectivity index (χ2v) is 8.54. The molecule has 2 aromatic rings. The van der Waals surface area contributed by atoms with Crippen molar-refractivity contribution in [3.05, 3.63) is 35.7 Å². The van der Waals surface area contributed by atoms with Gasteiger partial charge in [-0.3, -0.25) is 0 Å². The molecule has 1 aromatic carbocycles. The average molecular weight is 378 g/mol. The van der Waals surface area contributed by atoms with Crippen LogP contribution < -0.4 is 9.47 Å². The van der Waals surface area contributed by atoms with E-state index in [1.54, 1.807) is 22.5 Å². The van der Waals surface area contributed by atoms with E-state index < -0.39 is 10.0 Å². The Morgan fingerprint density at radius 2 is 1.88 bits per heavy atom. The van der Waals surface area contributed by atoms with Gasteiger partial charge in [-0.05, 0) is 31.9 Å². The molecular formula is C18H22N2O5S. The van der Waals surface area contributed by atoms with Gasteiger partial charge < -0.3 is 14.0 Å². The van der Waals surface area contributed by atoms with Gasteiger partial charge in [0.15, 0.2) is 11.5 Å². The fourth-order valence-electron chi connectivity index (χ4n) is 3.53. The topological polar surface area (TPSA) is 81.9 Å². The summed E-state index contributed by atoms with van der Waals surface area (Å²) >= 11 is 0. The summed E-state index contributed by atoms with van der Waals surface area (Å²) in [5.41, 5.74) is 0.672. The van der Waals surface area contributed by atoms with Crippen LogP contribution >= 0.6 is 0 Å². The fraction of sp³-hybridized carbons (Fsp3) is 0.500. The van der Waals surface area contributed by atoms with Crippen LogP contribution in [0.5, 0.6) is 11.5 Å². The van der Waals surface area contributed by atoms with Gasteiger partial charge in [-0.1, -0.05) is 18.0 Å². The van der Waals surface area contributed by atoms with Crippen molar-refractivity contribution in [2.45, 2.75) is 43.5 Å². The van der Waals surface area contributed by atoms with Gasteiger partial charge in [0.2, 0.25) is 10.0 Å². The summed E-state index contributed by atoms with van der Waals surface area (Å²) in [5, 5.41) is 4.08. The Kier molecular flexibility index (Phi) is 4.62. The first kappa shape index (κ1) is 17.4. The second-order valence-electron chi connectivity index (χ2n) is 6.65. The number of nitrogens with zero attached hydrogens (tertiary/aromatic N) is 2. The summed E-state index contributed by atoms with van der Waals surface area (Å²) < 4.78 is 44.6. The summed E-state index contributed by atoms with van der Waals surface area (Å²) in [7, 11) is -3.69. The molecule has 2 aliphatic heterocycles. The minimum atomic E-state index is -3.69. The highest BCUT2D eigenvalue weighted by atomic mass is 32.2. The van der Waals surface area contributed by atoms with Crippen LogP contribution in [0.15, 0.2) is 33.7 Å². The molecule has 7 nitrogen and oxygen atoms in total. The van der Waals surface area contributed by atoms with Crippen molar-refractivity contribution >= 4 is 10.0 Å². The van der Waals surface area contributed by atoms with Gasteiger partial charge in [-0.25, -0.2) is 8.42 Å². The van der Waals surface area contributed by atoms with Crippen LogP contribution in [0.25, 0.3) is 0 Å². The number of fused-ring (bicyclic) bond motifs is 1.